The summed E-state index contributed by atoms with van der Waals surface area (Å²) in [6, 6.07) is 8.20. The fourth-order valence-corrected chi connectivity index (χ4v) is 1.89. The zero-order chi connectivity index (χ0) is 13.5. The van der Waals surface area contributed by atoms with E-state index in [9.17, 15) is 4.39 Å². The largest absolute Gasteiger partial charge is 0.477 e. The highest BCUT2D eigenvalue weighted by Crippen LogP contribution is 2.21. The molecule has 4 heteroatoms. The van der Waals surface area contributed by atoms with Crippen LogP contribution in [0.1, 0.15) is 32.6 Å². The number of unbranched alkanes of at least 4 members (excludes halogenated alkanes) is 3. The van der Waals surface area contributed by atoms with Crippen LogP contribution in [0.4, 0.5) is 4.39 Å². The van der Waals surface area contributed by atoms with E-state index in [1.807, 2.05) is 6.07 Å². The van der Waals surface area contributed by atoms with E-state index in [2.05, 4.69) is 17.1 Å². The number of ether oxygens (including phenoxy) is 1. The highest BCUT2D eigenvalue weighted by Gasteiger charge is 2.05. The summed E-state index contributed by atoms with van der Waals surface area (Å²) in [6.07, 6.45) is 4.66. The van der Waals surface area contributed by atoms with Crippen LogP contribution in [0.5, 0.6) is 5.88 Å². The Morgan fingerprint density at radius 2 is 2.11 bits per heavy atom. The third-order valence-corrected chi connectivity index (χ3v) is 2.94. The molecular weight excluding hydrogens is 243 g/mol. The molecule has 0 atom stereocenters. The summed E-state index contributed by atoms with van der Waals surface area (Å²) >= 11 is 0. The average molecular weight is 262 g/mol. The Morgan fingerprint density at radius 3 is 2.89 bits per heavy atom. The molecule has 3 nitrogen and oxygen atoms in total. The number of nitrogens with one attached hydrogen (secondary N) is 1. The van der Waals surface area contributed by atoms with Crippen molar-refractivity contribution in [3.8, 4) is 17.1 Å². The summed E-state index contributed by atoms with van der Waals surface area (Å²) < 4.78 is 18.7. The van der Waals surface area contributed by atoms with Crippen molar-refractivity contribution >= 4 is 0 Å². The topological polar surface area (TPSA) is 37.9 Å². The van der Waals surface area contributed by atoms with Gasteiger partial charge in [0.25, 0.3) is 0 Å². The standard InChI is InChI=1S/C15H19FN2O/c1-2-3-4-5-9-19-15-11-14(17-18-15)12-7-6-8-13(16)10-12/h6-8,10-11H,2-5,9H2,1H3,(H,17,18). The molecule has 2 rings (SSSR count). The summed E-state index contributed by atoms with van der Waals surface area (Å²) in [5, 5.41) is 6.93. The van der Waals surface area contributed by atoms with Gasteiger partial charge in [0.05, 0.1) is 12.3 Å². The summed E-state index contributed by atoms with van der Waals surface area (Å²) in [7, 11) is 0. The van der Waals surface area contributed by atoms with Gasteiger partial charge >= 0.3 is 0 Å². The van der Waals surface area contributed by atoms with Gasteiger partial charge < -0.3 is 4.74 Å². The molecule has 0 aliphatic heterocycles. The molecule has 1 N–H and O–H groups in total. The lowest BCUT2D eigenvalue weighted by Gasteiger charge is -2.01. The first kappa shape index (κ1) is 13.6. The van der Waals surface area contributed by atoms with Crippen molar-refractivity contribution in [3.63, 3.8) is 0 Å². The molecule has 0 bridgehead atoms. The molecule has 1 aromatic heterocycles. The summed E-state index contributed by atoms with van der Waals surface area (Å²) in [6.45, 7) is 2.85. The van der Waals surface area contributed by atoms with Gasteiger partial charge in [-0.15, -0.1) is 5.10 Å². The van der Waals surface area contributed by atoms with Crippen molar-refractivity contribution in [1.82, 2.24) is 10.2 Å². The maximum absolute atomic E-state index is 13.1. The second kappa shape index (κ2) is 6.92. The normalized spacial score (nSPS) is 10.6. The molecule has 0 spiro atoms. The SMILES string of the molecule is CCCCCCOc1cc(-c2cccc(F)c2)[nH]n1. The molecule has 0 saturated carbocycles. The van der Waals surface area contributed by atoms with E-state index in [0.717, 1.165) is 17.7 Å². The molecule has 0 aliphatic rings. The third kappa shape index (κ3) is 4.09. The van der Waals surface area contributed by atoms with E-state index in [-0.39, 0.29) is 5.82 Å². The van der Waals surface area contributed by atoms with E-state index in [1.54, 1.807) is 12.1 Å². The molecule has 0 fully saturated rings. The molecule has 0 saturated heterocycles. The second-order valence-electron chi connectivity index (χ2n) is 4.54. The van der Waals surface area contributed by atoms with Crippen molar-refractivity contribution in [2.75, 3.05) is 6.61 Å². The Labute approximate surface area is 112 Å². The number of aromatic amines is 1. The highest BCUT2D eigenvalue weighted by atomic mass is 19.1. The smallest absolute Gasteiger partial charge is 0.233 e. The lowest BCUT2D eigenvalue weighted by Crippen LogP contribution is -1.97. The minimum atomic E-state index is -0.255. The number of H-pyrrole nitrogens is 1. The molecular formula is C15H19FN2O. The van der Waals surface area contributed by atoms with E-state index in [0.29, 0.717) is 12.5 Å². The molecule has 1 heterocycles. The molecule has 2 aromatic rings. The predicted octanol–water partition coefficient (Wildman–Crippen LogP) is 4.17. The number of benzene rings is 1. The third-order valence-electron chi connectivity index (χ3n) is 2.94. The Kier molecular flexibility index (Phi) is 4.95. The summed E-state index contributed by atoms with van der Waals surface area (Å²) in [5.74, 6) is 0.310. The zero-order valence-electron chi connectivity index (χ0n) is 11.2. The number of nitrogens with zero attached hydrogens (tertiary/aromatic N) is 1. The van der Waals surface area contributed by atoms with Gasteiger partial charge in [0, 0.05) is 11.6 Å². The number of rotatable bonds is 7. The summed E-state index contributed by atoms with van der Waals surface area (Å²) in [4.78, 5) is 0. The first-order valence-corrected chi connectivity index (χ1v) is 6.73. The van der Waals surface area contributed by atoms with Gasteiger partial charge in [0.2, 0.25) is 5.88 Å². The minimum absolute atomic E-state index is 0.255. The van der Waals surface area contributed by atoms with Crippen LogP contribution >= 0.6 is 0 Å². The fourth-order valence-electron chi connectivity index (χ4n) is 1.89. The van der Waals surface area contributed by atoms with Crippen molar-refractivity contribution in [1.29, 1.82) is 0 Å². The lowest BCUT2D eigenvalue weighted by molar-refractivity contribution is 0.293. The Morgan fingerprint density at radius 1 is 1.21 bits per heavy atom. The van der Waals surface area contributed by atoms with Crippen molar-refractivity contribution in [2.24, 2.45) is 0 Å². The van der Waals surface area contributed by atoms with Crippen LogP contribution in [0, 0.1) is 5.82 Å². The van der Waals surface area contributed by atoms with Crippen LogP contribution in [-0.2, 0) is 0 Å². The van der Waals surface area contributed by atoms with Gasteiger partial charge in [-0.25, -0.2) is 4.39 Å². The zero-order valence-corrected chi connectivity index (χ0v) is 11.2. The molecule has 102 valence electrons. The van der Waals surface area contributed by atoms with Crippen LogP contribution in [0.25, 0.3) is 11.3 Å². The molecule has 0 amide bonds. The van der Waals surface area contributed by atoms with Crippen LogP contribution in [0.2, 0.25) is 0 Å². The van der Waals surface area contributed by atoms with Gasteiger partial charge in [-0.2, -0.15) is 0 Å². The molecule has 0 aliphatic carbocycles. The van der Waals surface area contributed by atoms with Gasteiger partial charge in [-0.3, -0.25) is 5.10 Å². The fraction of sp³-hybridized carbons (Fsp3) is 0.400. The number of hydrogen-bond acceptors (Lipinski definition) is 2. The first-order chi connectivity index (χ1) is 9.29. The Balaban J connectivity index is 1.88. The molecule has 0 radical (unpaired) electrons. The Hall–Kier alpha value is -1.84. The van der Waals surface area contributed by atoms with Crippen molar-refractivity contribution in [2.45, 2.75) is 32.6 Å². The monoisotopic (exact) mass is 262 g/mol. The lowest BCUT2D eigenvalue weighted by atomic mass is 10.1. The van der Waals surface area contributed by atoms with Gasteiger partial charge in [-0.1, -0.05) is 38.3 Å². The highest BCUT2D eigenvalue weighted by molar-refractivity contribution is 5.59. The predicted molar refractivity (Wildman–Crippen MR) is 73.6 cm³/mol. The van der Waals surface area contributed by atoms with Crippen LogP contribution in [-0.4, -0.2) is 16.8 Å². The Bertz CT molecular complexity index is 510. The van der Waals surface area contributed by atoms with Crippen molar-refractivity contribution in [3.05, 3.63) is 36.1 Å². The maximum atomic E-state index is 13.1. The number of aromatic nitrogens is 2. The maximum Gasteiger partial charge on any atom is 0.233 e. The van der Waals surface area contributed by atoms with E-state index in [1.165, 1.54) is 31.4 Å². The average Bonchev–Trinajstić information content (AvgIpc) is 2.87. The van der Waals surface area contributed by atoms with Gasteiger partial charge in [-0.05, 0) is 18.6 Å². The van der Waals surface area contributed by atoms with E-state index in [4.69, 9.17) is 4.74 Å². The van der Waals surface area contributed by atoms with Crippen molar-refractivity contribution < 1.29 is 9.13 Å². The molecule has 0 unspecified atom stereocenters. The second-order valence-corrected chi connectivity index (χ2v) is 4.54. The first-order valence-electron chi connectivity index (χ1n) is 6.73. The van der Waals surface area contributed by atoms with Gasteiger partial charge in [0.1, 0.15) is 5.82 Å². The van der Waals surface area contributed by atoms with Crippen LogP contribution in [0.3, 0.4) is 0 Å². The van der Waals surface area contributed by atoms with E-state index < -0.39 is 0 Å². The number of hydrogen-bond donors (Lipinski definition) is 1. The van der Waals surface area contributed by atoms with Gasteiger partial charge in [0.15, 0.2) is 0 Å². The van der Waals surface area contributed by atoms with Crippen LogP contribution in [0.15, 0.2) is 30.3 Å². The summed E-state index contributed by atoms with van der Waals surface area (Å²) in [5.41, 5.74) is 1.54. The molecule has 19 heavy (non-hydrogen) atoms. The number of halogens is 1. The molecule has 1 aromatic carbocycles. The minimum Gasteiger partial charge on any atom is -0.477 e. The van der Waals surface area contributed by atoms with Crippen LogP contribution < -0.4 is 4.74 Å². The van der Waals surface area contributed by atoms with E-state index >= 15 is 0 Å². The quantitative estimate of drug-likeness (QED) is 0.760.